The van der Waals surface area contributed by atoms with Crippen LogP contribution < -0.4 is 5.32 Å². The van der Waals surface area contributed by atoms with Crippen molar-refractivity contribution >= 4 is 17.7 Å². The van der Waals surface area contributed by atoms with Gasteiger partial charge in [-0.05, 0) is 68.1 Å². The first kappa shape index (κ1) is 17.8. The van der Waals surface area contributed by atoms with Crippen molar-refractivity contribution in [1.82, 2.24) is 10.2 Å². The number of aliphatic hydroxyl groups excluding tert-OH is 1. The lowest BCUT2D eigenvalue weighted by Crippen LogP contribution is -2.38. The van der Waals surface area contributed by atoms with Gasteiger partial charge in [-0.3, -0.25) is 9.69 Å². The van der Waals surface area contributed by atoms with E-state index in [1.54, 1.807) is 0 Å². The molecule has 0 aromatic heterocycles. The van der Waals surface area contributed by atoms with Crippen LogP contribution in [-0.2, 0) is 6.54 Å². The van der Waals surface area contributed by atoms with E-state index in [1.165, 1.54) is 17.7 Å². The quantitative estimate of drug-likeness (QED) is 0.858. The number of nitrogens with one attached hydrogen (secondary N) is 1. The highest BCUT2D eigenvalue weighted by Crippen LogP contribution is 2.19. The van der Waals surface area contributed by atoms with Crippen molar-refractivity contribution in [2.24, 2.45) is 5.92 Å². The normalized spacial score (nSPS) is 23.1. The van der Waals surface area contributed by atoms with Crippen molar-refractivity contribution in [3.63, 3.8) is 0 Å². The Morgan fingerprint density at radius 3 is 2.58 bits per heavy atom. The molecule has 1 aromatic carbocycles. The predicted molar refractivity (Wildman–Crippen MR) is 99.3 cm³/mol. The summed E-state index contributed by atoms with van der Waals surface area (Å²) in [6, 6.07) is 8.36. The molecule has 2 aliphatic rings. The zero-order valence-electron chi connectivity index (χ0n) is 14.2. The van der Waals surface area contributed by atoms with Gasteiger partial charge in [0.25, 0.3) is 5.91 Å². The Balaban J connectivity index is 1.48. The molecule has 132 valence electrons. The monoisotopic (exact) mass is 348 g/mol. The number of carbonyl (C=O) groups excluding carboxylic acids is 1. The Labute approximate surface area is 149 Å². The molecule has 1 aromatic rings. The van der Waals surface area contributed by atoms with Crippen LogP contribution in [0.25, 0.3) is 0 Å². The molecule has 24 heavy (non-hydrogen) atoms. The number of piperidine rings is 1. The van der Waals surface area contributed by atoms with E-state index in [4.69, 9.17) is 0 Å². The van der Waals surface area contributed by atoms with E-state index in [-0.39, 0.29) is 5.91 Å². The Bertz CT molecular complexity index is 521. The van der Waals surface area contributed by atoms with Gasteiger partial charge in [-0.15, -0.1) is 0 Å². The Morgan fingerprint density at radius 1 is 1.21 bits per heavy atom. The van der Waals surface area contributed by atoms with Gasteiger partial charge in [-0.25, -0.2) is 0 Å². The SMILES string of the molecule is O=C(N[C@@H]1CCCSC1)c1ccc(CN2CCC(CO)CC2)cc1. The van der Waals surface area contributed by atoms with Crippen LogP contribution in [0.5, 0.6) is 0 Å². The Morgan fingerprint density at radius 2 is 1.96 bits per heavy atom. The highest BCUT2D eigenvalue weighted by molar-refractivity contribution is 7.99. The second kappa shape index (κ2) is 8.88. The van der Waals surface area contributed by atoms with Crippen LogP contribution in [0.3, 0.4) is 0 Å². The fourth-order valence-electron chi connectivity index (χ4n) is 3.47. The van der Waals surface area contributed by atoms with Crippen molar-refractivity contribution in [1.29, 1.82) is 0 Å². The van der Waals surface area contributed by atoms with E-state index >= 15 is 0 Å². The van der Waals surface area contributed by atoms with Crippen LogP contribution in [0, 0.1) is 5.92 Å². The molecule has 0 bridgehead atoms. The fraction of sp³-hybridized carbons (Fsp3) is 0.632. The average Bonchev–Trinajstić information content (AvgIpc) is 2.64. The molecule has 2 aliphatic heterocycles. The number of amides is 1. The summed E-state index contributed by atoms with van der Waals surface area (Å²) in [4.78, 5) is 14.8. The lowest BCUT2D eigenvalue weighted by molar-refractivity contribution is 0.0938. The lowest BCUT2D eigenvalue weighted by atomic mass is 9.97. The van der Waals surface area contributed by atoms with Crippen molar-refractivity contribution in [2.45, 2.75) is 38.3 Å². The van der Waals surface area contributed by atoms with Gasteiger partial charge in [-0.2, -0.15) is 11.8 Å². The Kier molecular flexibility index (Phi) is 6.58. The molecule has 1 atom stereocenters. The van der Waals surface area contributed by atoms with Crippen molar-refractivity contribution in [3.05, 3.63) is 35.4 Å². The fourth-order valence-corrected chi connectivity index (χ4v) is 4.54. The number of hydrogen-bond acceptors (Lipinski definition) is 4. The summed E-state index contributed by atoms with van der Waals surface area (Å²) in [6.07, 6.45) is 4.45. The van der Waals surface area contributed by atoms with Gasteiger partial charge in [0.05, 0.1) is 0 Å². The molecule has 2 saturated heterocycles. The van der Waals surface area contributed by atoms with E-state index in [9.17, 15) is 9.90 Å². The maximum Gasteiger partial charge on any atom is 0.251 e. The molecule has 1 amide bonds. The summed E-state index contributed by atoms with van der Waals surface area (Å²) in [5.74, 6) is 2.78. The zero-order valence-corrected chi connectivity index (χ0v) is 15.1. The van der Waals surface area contributed by atoms with E-state index in [0.29, 0.717) is 18.6 Å². The summed E-state index contributed by atoms with van der Waals surface area (Å²) in [5.41, 5.74) is 2.01. The minimum Gasteiger partial charge on any atom is -0.396 e. The van der Waals surface area contributed by atoms with E-state index in [2.05, 4.69) is 22.3 Å². The number of carbonyl (C=O) groups is 1. The van der Waals surface area contributed by atoms with Gasteiger partial charge < -0.3 is 10.4 Å². The predicted octanol–water partition coefficient (Wildman–Crippen LogP) is 2.52. The molecule has 2 N–H and O–H groups in total. The summed E-state index contributed by atoms with van der Waals surface area (Å²) < 4.78 is 0. The first-order valence-electron chi connectivity index (χ1n) is 9.05. The first-order chi connectivity index (χ1) is 11.7. The van der Waals surface area contributed by atoms with Gasteiger partial charge in [0, 0.05) is 30.5 Å². The standard InChI is InChI=1S/C19H28N2O2S/c22-13-16-7-9-21(10-8-16)12-15-3-5-17(6-4-15)19(23)20-18-2-1-11-24-14-18/h3-6,16,18,22H,1-2,7-14H2,(H,20,23)/t18-/m1/s1. The number of benzene rings is 1. The number of likely N-dealkylation sites (tertiary alicyclic amines) is 1. The number of aliphatic hydroxyl groups is 1. The number of rotatable bonds is 5. The van der Waals surface area contributed by atoms with Crippen LogP contribution in [0.1, 0.15) is 41.6 Å². The molecule has 0 radical (unpaired) electrons. The van der Waals surface area contributed by atoms with Gasteiger partial charge in [0.2, 0.25) is 0 Å². The number of thioether (sulfide) groups is 1. The molecule has 0 aliphatic carbocycles. The maximum absolute atomic E-state index is 12.3. The smallest absolute Gasteiger partial charge is 0.251 e. The van der Waals surface area contributed by atoms with Crippen molar-refractivity contribution in [3.8, 4) is 0 Å². The summed E-state index contributed by atoms with van der Waals surface area (Å²) in [5, 5.41) is 12.4. The van der Waals surface area contributed by atoms with E-state index in [0.717, 1.165) is 50.2 Å². The highest BCUT2D eigenvalue weighted by atomic mass is 32.2. The zero-order chi connectivity index (χ0) is 16.8. The van der Waals surface area contributed by atoms with E-state index in [1.807, 2.05) is 23.9 Å². The summed E-state index contributed by atoms with van der Waals surface area (Å²) in [6.45, 7) is 3.34. The largest absolute Gasteiger partial charge is 0.396 e. The number of hydrogen-bond donors (Lipinski definition) is 2. The number of nitrogens with zero attached hydrogens (tertiary/aromatic N) is 1. The van der Waals surface area contributed by atoms with Gasteiger partial charge in [0.15, 0.2) is 0 Å². The van der Waals surface area contributed by atoms with Crippen LogP contribution in [0.2, 0.25) is 0 Å². The van der Waals surface area contributed by atoms with Crippen LogP contribution in [-0.4, -0.2) is 53.2 Å². The second-order valence-corrected chi connectivity index (χ2v) is 8.14. The average molecular weight is 349 g/mol. The third-order valence-corrected chi connectivity index (χ3v) is 6.30. The molecule has 4 nitrogen and oxygen atoms in total. The van der Waals surface area contributed by atoms with E-state index < -0.39 is 0 Å². The third kappa shape index (κ3) is 4.98. The topological polar surface area (TPSA) is 52.6 Å². The van der Waals surface area contributed by atoms with Gasteiger partial charge in [0.1, 0.15) is 0 Å². The van der Waals surface area contributed by atoms with Crippen molar-refractivity contribution < 1.29 is 9.90 Å². The van der Waals surface area contributed by atoms with Gasteiger partial charge >= 0.3 is 0 Å². The van der Waals surface area contributed by atoms with Gasteiger partial charge in [-0.1, -0.05) is 12.1 Å². The molecular formula is C19H28N2O2S. The molecular weight excluding hydrogens is 320 g/mol. The van der Waals surface area contributed by atoms with Crippen LogP contribution >= 0.6 is 11.8 Å². The molecule has 0 unspecified atom stereocenters. The molecule has 3 rings (SSSR count). The summed E-state index contributed by atoms with van der Waals surface area (Å²) >= 11 is 1.93. The summed E-state index contributed by atoms with van der Waals surface area (Å²) in [7, 11) is 0. The third-order valence-electron chi connectivity index (χ3n) is 5.08. The minimum absolute atomic E-state index is 0.0535. The first-order valence-corrected chi connectivity index (χ1v) is 10.2. The second-order valence-electron chi connectivity index (χ2n) is 6.99. The Hall–Kier alpha value is -1.04. The van der Waals surface area contributed by atoms with Crippen LogP contribution in [0.15, 0.2) is 24.3 Å². The van der Waals surface area contributed by atoms with Crippen molar-refractivity contribution in [2.75, 3.05) is 31.2 Å². The molecule has 2 heterocycles. The molecule has 5 heteroatoms. The van der Waals surface area contributed by atoms with Crippen LogP contribution in [0.4, 0.5) is 0 Å². The lowest BCUT2D eigenvalue weighted by Gasteiger charge is -2.31. The highest BCUT2D eigenvalue weighted by Gasteiger charge is 2.19. The molecule has 0 saturated carbocycles. The molecule has 2 fully saturated rings. The minimum atomic E-state index is 0.0535. The molecule has 0 spiro atoms. The maximum atomic E-state index is 12.3.